The van der Waals surface area contributed by atoms with Crippen LogP contribution in [0.3, 0.4) is 0 Å². The van der Waals surface area contributed by atoms with Gasteiger partial charge in [-0.25, -0.2) is 13.2 Å². The molecule has 2 N–H and O–H groups in total. The van der Waals surface area contributed by atoms with Crippen molar-refractivity contribution in [2.24, 2.45) is 0 Å². The van der Waals surface area contributed by atoms with Gasteiger partial charge >= 0.3 is 5.97 Å². The molecule has 0 saturated carbocycles. The van der Waals surface area contributed by atoms with E-state index in [2.05, 4.69) is 30.4 Å². The molecule has 6 nitrogen and oxygen atoms in total. The largest absolute Gasteiger partial charge is 0.478 e. The van der Waals surface area contributed by atoms with Crippen molar-refractivity contribution in [3.05, 3.63) is 53.6 Å². The summed E-state index contributed by atoms with van der Waals surface area (Å²) in [6.45, 7) is 7.81. The van der Waals surface area contributed by atoms with Crippen LogP contribution in [0.1, 0.15) is 62.4 Å². The Kier molecular flexibility index (Phi) is 6.41. The average molecular weight is 431 g/mol. The van der Waals surface area contributed by atoms with E-state index in [9.17, 15) is 18.3 Å². The molecule has 2 aromatic carbocycles. The Morgan fingerprint density at radius 3 is 2.10 bits per heavy atom. The van der Waals surface area contributed by atoms with Crippen LogP contribution in [0.2, 0.25) is 0 Å². The van der Waals surface area contributed by atoms with E-state index >= 15 is 0 Å². The first-order valence-corrected chi connectivity index (χ1v) is 11.8. The molecular weight excluding hydrogens is 400 g/mol. The predicted octanol–water partition coefficient (Wildman–Crippen LogP) is 4.86. The van der Waals surface area contributed by atoms with Gasteiger partial charge in [0, 0.05) is 18.8 Å². The number of nitrogens with one attached hydrogen (secondary N) is 1. The lowest BCUT2D eigenvalue weighted by Crippen LogP contribution is -2.26. The zero-order valence-electron chi connectivity index (χ0n) is 17.8. The molecule has 7 heteroatoms. The summed E-state index contributed by atoms with van der Waals surface area (Å²) in [4.78, 5) is 14.1. The topological polar surface area (TPSA) is 86.7 Å². The second-order valence-corrected chi connectivity index (χ2v) is 10.5. The maximum Gasteiger partial charge on any atom is 0.337 e. The fourth-order valence-corrected chi connectivity index (χ4v) is 4.76. The molecular formula is C23H30N2O4S. The number of sulfonamides is 1. The van der Waals surface area contributed by atoms with Gasteiger partial charge in [0.15, 0.2) is 0 Å². The molecule has 0 radical (unpaired) electrons. The Bertz CT molecular complexity index is 1000. The minimum Gasteiger partial charge on any atom is -0.478 e. The molecule has 0 unspecified atom stereocenters. The van der Waals surface area contributed by atoms with Crippen molar-refractivity contribution >= 4 is 27.4 Å². The van der Waals surface area contributed by atoms with Gasteiger partial charge in [0.2, 0.25) is 0 Å². The zero-order valence-corrected chi connectivity index (χ0v) is 18.6. The number of rotatable bonds is 5. The molecule has 0 bridgehead atoms. The first-order chi connectivity index (χ1) is 14.1. The first kappa shape index (κ1) is 22.2. The Morgan fingerprint density at radius 2 is 1.57 bits per heavy atom. The summed E-state index contributed by atoms with van der Waals surface area (Å²) in [6, 6.07) is 11.5. The third kappa shape index (κ3) is 5.14. The lowest BCUT2D eigenvalue weighted by atomic mass is 9.87. The molecule has 0 amide bonds. The standard InChI is InChI=1S/C23H30N2O4S/c1-23(2,3)17-8-11-19(12-9-17)30(28,29)24-18-10-13-21(20(16-18)22(26)27)25-14-6-4-5-7-15-25/h8-13,16,24H,4-7,14-15H2,1-3H3,(H,26,27). The molecule has 1 fully saturated rings. The minimum absolute atomic E-state index is 0.0741. The van der Waals surface area contributed by atoms with Crippen molar-refractivity contribution in [3.8, 4) is 0 Å². The van der Waals surface area contributed by atoms with E-state index in [4.69, 9.17) is 0 Å². The van der Waals surface area contributed by atoms with Gasteiger partial charge in [-0.15, -0.1) is 0 Å². The van der Waals surface area contributed by atoms with Crippen molar-refractivity contribution in [1.29, 1.82) is 0 Å². The third-order valence-electron chi connectivity index (χ3n) is 5.46. The molecule has 2 aromatic rings. The van der Waals surface area contributed by atoms with Crippen molar-refractivity contribution < 1.29 is 18.3 Å². The Hall–Kier alpha value is -2.54. The summed E-state index contributed by atoms with van der Waals surface area (Å²) < 4.78 is 28.1. The summed E-state index contributed by atoms with van der Waals surface area (Å²) in [5, 5.41) is 9.71. The highest BCUT2D eigenvalue weighted by Crippen LogP contribution is 2.29. The number of nitrogens with zero attached hydrogens (tertiary/aromatic N) is 1. The van der Waals surface area contributed by atoms with Crippen LogP contribution in [-0.4, -0.2) is 32.6 Å². The van der Waals surface area contributed by atoms with E-state index in [-0.39, 0.29) is 21.6 Å². The maximum absolute atomic E-state index is 12.8. The van der Waals surface area contributed by atoms with Crippen molar-refractivity contribution in [2.45, 2.75) is 56.8 Å². The molecule has 3 rings (SSSR count). The number of carboxylic acids is 1. The van der Waals surface area contributed by atoms with Crippen molar-refractivity contribution in [2.75, 3.05) is 22.7 Å². The van der Waals surface area contributed by atoms with Crippen LogP contribution in [0.25, 0.3) is 0 Å². The smallest absolute Gasteiger partial charge is 0.337 e. The number of hydrogen-bond acceptors (Lipinski definition) is 4. The lowest BCUT2D eigenvalue weighted by molar-refractivity contribution is 0.0697. The van der Waals surface area contributed by atoms with Crippen molar-refractivity contribution in [1.82, 2.24) is 0 Å². The van der Waals surface area contributed by atoms with Crippen LogP contribution in [0.15, 0.2) is 47.4 Å². The van der Waals surface area contributed by atoms with E-state index in [0.717, 1.165) is 44.3 Å². The van der Waals surface area contributed by atoms with Gasteiger partial charge in [0.05, 0.1) is 16.1 Å². The summed E-state index contributed by atoms with van der Waals surface area (Å²) >= 11 is 0. The van der Waals surface area contributed by atoms with Crippen LogP contribution in [0.5, 0.6) is 0 Å². The predicted molar refractivity (Wildman–Crippen MR) is 120 cm³/mol. The third-order valence-corrected chi connectivity index (χ3v) is 6.85. The van der Waals surface area contributed by atoms with Crippen LogP contribution >= 0.6 is 0 Å². The fourth-order valence-electron chi connectivity index (χ4n) is 3.71. The van der Waals surface area contributed by atoms with E-state index in [1.165, 1.54) is 6.07 Å². The second-order valence-electron chi connectivity index (χ2n) is 8.82. The van der Waals surface area contributed by atoms with Gasteiger partial charge in [-0.2, -0.15) is 0 Å². The Balaban J connectivity index is 1.86. The van der Waals surface area contributed by atoms with E-state index in [1.54, 1.807) is 36.4 Å². The minimum atomic E-state index is -3.82. The Labute approximate surface area is 179 Å². The lowest BCUT2D eigenvalue weighted by Gasteiger charge is -2.25. The van der Waals surface area contributed by atoms with E-state index in [0.29, 0.717) is 5.69 Å². The quantitative estimate of drug-likeness (QED) is 0.707. The normalized spacial score (nSPS) is 15.5. The van der Waals surface area contributed by atoms with Gasteiger partial charge in [0.1, 0.15) is 0 Å². The van der Waals surface area contributed by atoms with Gasteiger partial charge in [-0.05, 0) is 54.2 Å². The zero-order chi connectivity index (χ0) is 21.9. The first-order valence-electron chi connectivity index (χ1n) is 10.3. The molecule has 1 heterocycles. The summed E-state index contributed by atoms with van der Waals surface area (Å²) in [7, 11) is -3.82. The summed E-state index contributed by atoms with van der Waals surface area (Å²) in [6.07, 6.45) is 4.34. The molecule has 162 valence electrons. The molecule has 1 aliphatic heterocycles. The molecule has 0 atom stereocenters. The molecule has 0 aliphatic carbocycles. The second kappa shape index (κ2) is 8.68. The molecule has 30 heavy (non-hydrogen) atoms. The Morgan fingerprint density at radius 1 is 0.967 bits per heavy atom. The monoisotopic (exact) mass is 430 g/mol. The number of anilines is 2. The number of carboxylic acid groups (broad SMARTS) is 1. The number of carbonyl (C=O) groups is 1. The van der Waals surface area contributed by atoms with Gasteiger partial charge < -0.3 is 10.0 Å². The number of benzene rings is 2. The summed E-state index contributed by atoms with van der Waals surface area (Å²) in [5.41, 5.74) is 1.96. The van der Waals surface area contributed by atoms with Crippen LogP contribution in [0.4, 0.5) is 11.4 Å². The van der Waals surface area contributed by atoms with Gasteiger partial charge in [-0.1, -0.05) is 45.7 Å². The number of aromatic carboxylic acids is 1. The highest BCUT2D eigenvalue weighted by Gasteiger charge is 2.21. The van der Waals surface area contributed by atoms with Crippen LogP contribution in [0, 0.1) is 0 Å². The SMILES string of the molecule is CC(C)(C)c1ccc(S(=O)(=O)Nc2ccc(N3CCCCCC3)c(C(=O)O)c2)cc1. The van der Waals surface area contributed by atoms with Crippen molar-refractivity contribution in [3.63, 3.8) is 0 Å². The molecule has 1 saturated heterocycles. The maximum atomic E-state index is 12.8. The van der Waals surface area contributed by atoms with Gasteiger partial charge in [0.25, 0.3) is 10.0 Å². The average Bonchev–Trinajstić information content (AvgIpc) is 2.96. The fraction of sp³-hybridized carbons (Fsp3) is 0.435. The summed E-state index contributed by atoms with van der Waals surface area (Å²) in [5.74, 6) is -1.06. The van der Waals surface area contributed by atoms with Crippen LogP contribution < -0.4 is 9.62 Å². The number of hydrogen-bond donors (Lipinski definition) is 2. The van der Waals surface area contributed by atoms with Gasteiger partial charge in [-0.3, -0.25) is 4.72 Å². The molecule has 1 aliphatic rings. The van der Waals surface area contributed by atoms with E-state index in [1.807, 2.05) is 0 Å². The van der Waals surface area contributed by atoms with Crippen LogP contribution in [-0.2, 0) is 15.4 Å². The molecule has 0 aromatic heterocycles. The highest BCUT2D eigenvalue weighted by atomic mass is 32.2. The molecule has 0 spiro atoms. The highest BCUT2D eigenvalue weighted by molar-refractivity contribution is 7.92. The van der Waals surface area contributed by atoms with E-state index < -0.39 is 16.0 Å².